The highest BCUT2D eigenvalue weighted by Gasteiger charge is 2.18. The molecule has 0 aliphatic carbocycles. The summed E-state index contributed by atoms with van der Waals surface area (Å²) in [6, 6.07) is 8.83. The van der Waals surface area contributed by atoms with Gasteiger partial charge in [-0.25, -0.2) is 0 Å². The molecule has 19 heavy (non-hydrogen) atoms. The summed E-state index contributed by atoms with van der Waals surface area (Å²) in [7, 11) is 0. The maximum Gasteiger partial charge on any atom is 0.185 e. The van der Waals surface area contributed by atoms with Crippen LogP contribution in [0, 0.1) is 0 Å². The van der Waals surface area contributed by atoms with Gasteiger partial charge in [-0.1, -0.05) is 34.8 Å². The highest BCUT2D eigenvalue weighted by Crippen LogP contribution is 2.32. The number of ketones is 1. The van der Waals surface area contributed by atoms with Crippen molar-refractivity contribution in [2.75, 3.05) is 0 Å². The van der Waals surface area contributed by atoms with Crippen LogP contribution in [0.1, 0.15) is 16.6 Å². The van der Waals surface area contributed by atoms with E-state index in [1.54, 1.807) is 24.3 Å². The Bertz CT molecular complexity index is 610. The summed E-state index contributed by atoms with van der Waals surface area (Å²) in [5, 5.41) is 0.799. The van der Waals surface area contributed by atoms with E-state index in [9.17, 15) is 4.79 Å². The second-order valence-corrected chi connectivity index (χ2v) is 7.75. The van der Waals surface area contributed by atoms with E-state index in [0.29, 0.717) is 19.3 Å². The van der Waals surface area contributed by atoms with Crippen molar-refractivity contribution in [3.8, 4) is 0 Å². The fraction of sp³-hybridized carbons (Fsp3) is 0.154. The molecule has 0 aliphatic rings. The molecular weight excluding hydrogens is 343 g/mol. The van der Waals surface area contributed by atoms with Crippen molar-refractivity contribution < 1.29 is 4.79 Å². The van der Waals surface area contributed by atoms with Crippen molar-refractivity contribution in [2.45, 2.75) is 17.1 Å². The number of Topliss-reactive ketones (excluding diaryl/α,β-unsaturated/α-hetero) is 1. The van der Waals surface area contributed by atoms with Crippen LogP contribution in [0.15, 0.2) is 35.2 Å². The largest absolute Gasteiger partial charge is 0.292 e. The molecule has 1 nitrogen and oxygen atoms in total. The standard InChI is InChI=1S/C13H9Cl3OS2/c1-7(13(17)11-4-5-12(16)19-11)18-8-2-3-9(14)10(15)6-8/h2-7H,1H3. The van der Waals surface area contributed by atoms with Gasteiger partial charge in [-0.05, 0) is 37.3 Å². The second-order valence-electron chi connectivity index (χ2n) is 3.80. The minimum atomic E-state index is -0.202. The fourth-order valence-electron chi connectivity index (χ4n) is 1.45. The van der Waals surface area contributed by atoms with Crippen molar-refractivity contribution in [3.63, 3.8) is 0 Å². The van der Waals surface area contributed by atoms with E-state index in [1.807, 2.05) is 13.0 Å². The lowest BCUT2D eigenvalue weighted by molar-refractivity contribution is 0.0998. The van der Waals surface area contributed by atoms with Crippen LogP contribution in [0.5, 0.6) is 0 Å². The van der Waals surface area contributed by atoms with Gasteiger partial charge in [0.25, 0.3) is 0 Å². The molecule has 0 saturated heterocycles. The van der Waals surface area contributed by atoms with E-state index in [0.717, 1.165) is 4.90 Å². The van der Waals surface area contributed by atoms with Gasteiger partial charge in [0, 0.05) is 4.90 Å². The molecule has 0 amide bonds. The maximum absolute atomic E-state index is 12.2. The predicted molar refractivity (Wildman–Crippen MR) is 85.4 cm³/mol. The lowest BCUT2D eigenvalue weighted by atomic mass is 10.2. The summed E-state index contributed by atoms with van der Waals surface area (Å²) in [5.74, 6) is 0.0629. The van der Waals surface area contributed by atoms with Gasteiger partial charge in [0.05, 0.1) is 24.5 Å². The van der Waals surface area contributed by atoms with Crippen LogP contribution in [-0.4, -0.2) is 11.0 Å². The number of carbonyl (C=O) groups excluding carboxylic acids is 1. The Balaban J connectivity index is 2.10. The van der Waals surface area contributed by atoms with E-state index in [4.69, 9.17) is 34.8 Å². The average molecular weight is 352 g/mol. The molecular formula is C13H9Cl3OS2. The smallest absolute Gasteiger partial charge is 0.185 e. The molecule has 1 aromatic heterocycles. The zero-order valence-electron chi connectivity index (χ0n) is 9.82. The zero-order valence-corrected chi connectivity index (χ0v) is 13.7. The van der Waals surface area contributed by atoms with Crippen LogP contribution in [0.2, 0.25) is 14.4 Å². The number of thioether (sulfide) groups is 1. The molecule has 0 spiro atoms. The first-order valence-corrected chi connectivity index (χ1v) is 8.21. The molecule has 0 bridgehead atoms. The number of thiophene rings is 1. The van der Waals surface area contributed by atoms with E-state index in [-0.39, 0.29) is 11.0 Å². The van der Waals surface area contributed by atoms with E-state index >= 15 is 0 Å². The Morgan fingerprint density at radius 2 is 1.89 bits per heavy atom. The summed E-state index contributed by atoms with van der Waals surface area (Å²) >= 11 is 20.4. The van der Waals surface area contributed by atoms with Crippen LogP contribution in [0.3, 0.4) is 0 Å². The van der Waals surface area contributed by atoms with Gasteiger partial charge in [0.2, 0.25) is 0 Å². The third kappa shape index (κ3) is 3.89. The van der Waals surface area contributed by atoms with Gasteiger partial charge < -0.3 is 0 Å². The van der Waals surface area contributed by atoms with Crippen molar-refractivity contribution in [1.82, 2.24) is 0 Å². The molecule has 100 valence electrons. The SMILES string of the molecule is CC(Sc1ccc(Cl)c(Cl)c1)C(=O)c1ccc(Cl)s1. The number of rotatable bonds is 4. The highest BCUT2D eigenvalue weighted by atomic mass is 35.5. The Labute approximate surface area is 134 Å². The molecule has 6 heteroatoms. The first-order chi connectivity index (χ1) is 8.97. The lowest BCUT2D eigenvalue weighted by Gasteiger charge is -2.09. The third-order valence-corrected chi connectivity index (χ3v) is 5.47. The first-order valence-electron chi connectivity index (χ1n) is 5.38. The molecule has 0 radical (unpaired) electrons. The Kier molecular flexibility index (Phi) is 5.21. The molecule has 1 unspecified atom stereocenters. The van der Waals surface area contributed by atoms with Crippen molar-refractivity contribution in [1.29, 1.82) is 0 Å². The van der Waals surface area contributed by atoms with E-state index in [2.05, 4.69) is 0 Å². The Morgan fingerprint density at radius 3 is 2.47 bits per heavy atom. The number of hydrogen-bond donors (Lipinski definition) is 0. The molecule has 2 rings (SSSR count). The van der Waals surface area contributed by atoms with Crippen LogP contribution in [0.25, 0.3) is 0 Å². The van der Waals surface area contributed by atoms with Crippen molar-refractivity contribution >= 4 is 63.7 Å². The molecule has 1 aromatic carbocycles. The van der Waals surface area contributed by atoms with Gasteiger partial charge in [0.1, 0.15) is 0 Å². The number of halogens is 3. The lowest BCUT2D eigenvalue weighted by Crippen LogP contribution is -2.11. The molecule has 0 N–H and O–H groups in total. The molecule has 2 aromatic rings. The van der Waals surface area contributed by atoms with Gasteiger partial charge >= 0.3 is 0 Å². The normalized spacial score (nSPS) is 12.4. The van der Waals surface area contributed by atoms with Crippen LogP contribution in [-0.2, 0) is 0 Å². The van der Waals surface area contributed by atoms with Crippen LogP contribution >= 0.6 is 57.9 Å². The second kappa shape index (κ2) is 6.51. The van der Waals surface area contributed by atoms with E-state index in [1.165, 1.54) is 23.1 Å². The zero-order chi connectivity index (χ0) is 14.0. The molecule has 1 atom stereocenters. The number of hydrogen-bond acceptors (Lipinski definition) is 3. The molecule has 0 saturated carbocycles. The fourth-order valence-corrected chi connectivity index (χ4v) is 3.94. The topological polar surface area (TPSA) is 17.1 Å². The quantitative estimate of drug-likeness (QED) is 0.491. The van der Waals surface area contributed by atoms with Gasteiger partial charge in [-0.15, -0.1) is 23.1 Å². The van der Waals surface area contributed by atoms with E-state index < -0.39 is 0 Å². The van der Waals surface area contributed by atoms with Crippen molar-refractivity contribution in [2.24, 2.45) is 0 Å². The first kappa shape index (κ1) is 15.2. The summed E-state index contributed by atoms with van der Waals surface area (Å²) in [5.41, 5.74) is 0. The minimum absolute atomic E-state index is 0.0629. The van der Waals surface area contributed by atoms with Crippen LogP contribution < -0.4 is 0 Å². The molecule has 1 heterocycles. The summed E-state index contributed by atoms with van der Waals surface area (Å²) in [6.07, 6.45) is 0. The van der Waals surface area contributed by atoms with Gasteiger partial charge in [0.15, 0.2) is 5.78 Å². The highest BCUT2D eigenvalue weighted by molar-refractivity contribution is 8.00. The van der Waals surface area contributed by atoms with Gasteiger partial charge in [-0.2, -0.15) is 0 Å². The molecule has 0 fully saturated rings. The van der Waals surface area contributed by atoms with Crippen LogP contribution in [0.4, 0.5) is 0 Å². The van der Waals surface area contributed by atoms with Gasteiger partial charge in [-0.3, -0.25) is 4.79 Å². The number of benzene rings is 1. The minimum Gasteiger partial charge on any atom is -0.292 e. The summed E-state index contributed by atoms with van der Waals surface area (Å²) in [4.78, 5) is 13.8. The Morgan fingerprint density at radius 1 is 1.16 bits per heavy atom. The monoisotopic (exact) mass is 350 g/mol. The summed E-state index contributed by atoms with van der Waals surface area (Å²) < 4.78 is 0.620. The maximum atomic E-state index is 12.2. The Hall–Kier alpha value is -0.190. The molecule has 0 aliphatic heterocycles. The third-order valence-electron chi connectivity index (χ3n) is 2.39. The average Bonchev–Trinajstić information content (AvgIpc) is 2.79. The number of carbonyl (C=O) groups is 1. The van der Waals surface area contributed by atoms with Crippen molar-refractivity contribution in [3.05, 3.63) is 49.6 Å². The summed E-state index contributed by atoms with van der Waals surface area (Å²) in [6.45, 7) is 1.86. The predicted octanol–water partition coefficient (Wildman–Crippen LogP) is 6.07.